The van der Waals surface area contributed by atoms with E-state index in [9.17, 15) is 4.79 Å². The molecule has 4 aromatic heterocycles. The SMILES string of the molecule is CC(C)n1ncc2c(C(=O)Nc3cc(C(C)(C)C)nn3-c3ncccn3)cc(-c3ccccc3)nc21. The summed E-state index contributed by atoms with van der Waals surface area (Å²) in [4.78, 5) is 27.3. The summed E-state index contributed by atoms with van der Waals surface area (Å²) in [5.41, 5.74) is 3.33. The van der Waals surface area contributed by atoms with Crippen molar-refractivity contribution in [1.82, 2.24) is 34.5 Å². The van der Waals surface area contributed by atoms with Gasteiger partial charge in [-0.2, -0.15) is 14.9 Å². The number of pyridine rings is 1. The van der Waals surface area contributed by atoms with Crippen LogP contribution in [-0.4, -0.2) is 40.4 Å². The highest BCUT2D eigenvalue weighted by atomic mass is 16.1. The predicted molar refractivity (Wildman–Crippen MR) is 139 cm³/mol. The van der Waals surface area contributed by atoms with Gasteiger partial charge in [0.15, 0.2) is 5.65 Å². The van der Waals surface area contributed by atoms with Crippen LogP contribution in [0.1, 0.15) is 56.7 Å². The van der Waals surface area contributed by atoms with Gasteiger partial charge in [-0.1, -0.05) is 51.1 Å². The summed E-state index contributed by atoms with van der Waals surface area (Å²) >= 11 is 0. The van der Waals surface area contributed by atoms with E-state index >= 15 is 0 Å². The normalized spacial score (nSPS) is 11.8. The molecule has 1 aromatic carbocycles. The van der Waals surface area contributed by atoms with E-state index in [2.05, 4.69) is 41.2 Å². The van der Waals surface area contributed by atoms with Gasteiger partial charge >= 0.3 is 0 Å². The fourth-order valence-corrected chi connectivity index (χ4v) is 3.91. The Bertz CT molecular complexity index is 1530. The lowest BCUT2D eigenvalue weighted by atomic mass is 9.92. The first-order chi connectivity index (χ1) is 17.2. The fourth-order valence-electron chi connectivity index (χ4n) is 3.91. The van der Waals surface area contributed by atoms with E-state index in [4.69, 9.17) is 10.1 Å². The van der Waals surface area contributed by atoms with Gasteiger partial charge in [0.2, 0.25) is 0 Å². The molecular formula is C27H28N8O. The highest BCUT2D eigenvalue weighted by molar-refractivity contribution is 6.12. The maximum absolute atomic E-state index is 13.8. The van der Waals surface area contributed by atoms with Gasteiger partial charge in [0, 0.05) is 35.5 Å². The number of amides is 1. The standard InChI is InChI=1S/C27H28N8O/c1-17(2)34-24-20(16-30-34)19(14-21(31-24)18-10-7-6-8-11-18)25(36)32-23-15-22(27(3,4)5)33-35(23)26-28-12-9-13-29-26/h6-17H,1-5H3,(H,32,36). The maximum Gasteiger partial charge on any atom is 0.257 e. The number of fused-ring (bicyclic) bond motifs is 1. The third-order valence-corrected chi connectivity index (χ3v) is 5.83. The molecule has 0 saturated carbocycles. The van der Waals surface area contributed by atoms with Crippen molar-refractivity contribution in [1.29, 1.82) is 0 Å². The summed E-state index contributed by atoms with van der Waals surface area (Å²) < 4.78 is 3.39. The number of nitrogens with one attached hydrogen (secondary N) is 1. The molecule has 182 valence electrons. The van der Waals surface area contributed by atoms with Crippen LogP contribution in [0.25, 0.3) is 28.2 Å². The molecule has 1 amide bonds. The lowest BCUT2D eigenvalue weighted by Crippen LogP contribution is -2.17. The lowest BCUT2D eigenvalue weighted by molar-refractivity contribution is 0.102. The Morgan fingerprint density at radius 1 is 1.00 bits per heavy atom. The largest absolute Gasteiger partial charge is 0.306 e. The van der Waals surface area contributed by atoms with Crippen LogP contribution in [0, 0.1) is 0 Å². The summed E-state index contributed by atoms with van der Waals surface area (Å²) in [5.74, 6) is 0.569. The van der Waals surface area contributed by atoms with Crippen molar-refractivity contribution in [3.63, 3.8) is 0 Å². The van der Waals surface area contributed by atoms with Crippen LogP contribution in [0.2, 0.25) is 0 Å². The Morgan fingerprint density at radius 2 is 1.72 bits per heavy atom. The van der Waals surface area contributed by atoms with Crippen molar-refractivity contribution in [3.8, 4) is 17.2 Å². The molecule has 1 N–H and O–H groups in total. The van der Waals surface area contributed by atoms with Gasteiger partial charge in [0.1, 0.15) is 5.82 Å². The van der Waals surface area contributed by atoms with Crippen LogP contribution in [0.15, 0.2) is 67.1 Å². The first-order valence-corrected chi connectivity index (χ1v) is 11.9. The van der Waals surface area contributed by atoms with Crippen molar-refractivity contribution in [2.24, 2.45) is 0 Å². The molecule has 36 heavy (non-hydrogen) atoms. The molecule has 0 spiro atoms. The van der Waals surface area contributed by atoms with Crippen LogP contribution < -0.4 is 5.32 Å². The molecule has 0 unspecified atom stereocenters. The number of hydrogen-bond acceptors (Lipinski definition) is 6. The van der Waals surface area contributed by atoms with Gasteiger partial charge in [-0.25, -0.2) is 19.6 Å². The number of anilines is 1. The monoisotopic (exact) mass is 480 g/mol. The second kappa shape index (κ2) is 8.99. The first kappa shape index (κ1) is 23.3. The van der Waals surface area contributed by atoms with Crippen LogP contribution in [-0.2, 0) is 5.41 Å². The number of carbonyl (C=O) groups excluding carboxylic acids is 1. The number of hydrogen-bond donors (Lipinski definition) is 1. The summed E-state index contributed by atoms with van der Waals surface area (Å²) in [5, 5.41) is 12.9. The molecule has 5 rings (SSSR count). The summed E-state index contributed by atoms with van der Waals surface area (Å²) in [6, 6.07) is 15.3. The van der Waals surface area contributed by atoms with Gasteiger partial charge in [0.25, 0.3) is 11.9 Å². The molecule has 0 aliphatic heterocycles. The Labute approximate surface area is 209 Å². The molecular weight excluding hydrogens is 452 g/mol. The van der Waals surface area contributed by atoms with Crippen molar-refractivity contribution in [2.45, 2.75) is 46.1 Å². The van der Waals surface area contributed by atoms with Crippen molar-refractivity contribution in [2.75, 3.05) is 5.32 Å². The van der Waals surface area contributed by atoms with Gasteiger partial charge < -0.3 is 5.32 Å². The fraction of sp³-hybridized carbons (Fsp3) is 0.259. The zero-order valence-corrected chi connectivity index (χ0v) is 21.0. The highest BCUT2D eigenvalue weighted by Crippen LogP contribution is 2.29. The van der Waals surface area contributed by atoms with Crippen LogP contribution >= 0.6 is 0 Å². The number of benzene rings is 1. The first-order valence-electron chi connectivity index (χ1n) is 11.9. The third kappa shape index (κ3) is 4.35. The van der Waals surface area contributed by atoms with Crippen molar-refractivity contribution >= 4 is 22.8 Å². The summed E-state index contributed by atoms with van der Waals surface area (Å²) in [6.45, 7) is 10.3. The van der Waals surface area contributed by atoms with E-state index in [0.29, 0.717) is 34.1 Å². The quantitative estimate of drug-likeness (QED) is 0.371. The second-order valence-electron chi connectivity index (χ2n) is 9.92. The molecule has 0 atom stereocenters. The number of rotatable bonds is 5. The van der Waals surface area contributed by atoms with E-state index in [1.807, 2.05) is 61.0 Å². The number of nitrogens with zero attached hydrogens (tertiary/aromatic N) is 7. The summed E-state index contributed by atoms with van der Waals surface area (Å²) in [7, 11) is 0. The average molecular weight is 481 g/mol. The maximum atomic E-state index is 13.8. The minimum absolute atomic E-state index is 0.0861. The van der Waals surface area contributed by atoms with E-state index in [1.54, 1.807) is 29.3 Å². The smallest absolute Gasteiger partial charge is 0.257 e. The van der Waals surface area contributed by atoms with Crippen molar-refractivity contribution in [3.05, 3.63) is 78.4 Å². The Hall–Kier alpha value is -4.40. The molecule has 9 heteroatoms. The zero-order valence-electron chi connectivity index (χ0n) is 21.0. The van der Waals surface area contributed by atoms with Crippen molar-refractivity contribution < 1.29 is 4.79 Å². The molecule has 0 aliphatic carbocycles. The third-order valence-electron chi connectivity index (χ3n) is 5.83. The minimum Gasteiger partial charge on any atom is -0.306 e. The molecule has 0 aliphatic rings. The van der Waals surface area contributed by atoms with Gasteiger partial charge in [0.05, 0.1) is 28.5 Å². The Kier molecular flexibility index (Phi) is 5.83. The summed E-state index contributed by atoms with van der Waals surface area (Å²) in [6.07, 6.45) is 4.99. The van der Waals surface area contributed by atoms with Gasteiger partial charge in [-0.3, -0.25) is 4.79 Å². The molecule has 0 fully saturated rings. The van der Waals surface area contributed by atoms with E-state index in [-0.39, 0.29) is 17.4 Å². The second-order valence-corrected chi connectivity index (χ2v) is 9.92. The molecule has 5 aromatic rings. The molecule has 4 heterocycles. The predicted octanol–water partition coefficient (Wildman–Crippen LogP) is 5.20. The molecule has 0 bridgehead atoms. The number of aromatic nitrogens is 7. The van der Waals surface area contributed by atoms with E-state index < -0.39 is 0 Å². The molecule has 9 nitrogen and oxygen atoms in total. The van der Waals surface area contributed by atoms with E-state index in [0.717, 1.165) is 11.3 Å². The van der Waals surface area contributed by atoms with Gasteiger partial charge in [-0.05, 0) is 26.0 Å². The van der Waals surface area contributed by atoms with Crippen LogP contribution in [0.5, 0.6) is 0 Å². The molecule has 0 saturated heterocycles. The van der Waals surface area contributed by atoms with E-state index in [1.165, 1.54) is 0 Å². The Morgan fingerprint density at radius 3 is 2.39 bits per heavy atom. The topological polar surface area (TPSA) is 103 Å². The lowest BCUT2D eigenvalue weighted by Gasteiger charge is -2.13. The highest BCUT2D eigenvalue weighted by Gasteiger charge is 2.24. The zero-order chi connectivity index (χ0) is 25.4. The Balaban J connectivity index is 1.63. The average Bonchev–Trinajstić information content (AvgIpc) is 3.49. The number of carbonyl (C=O) groups is 1. The van der Waals surface area contributed by atoms with Gasteiger partial charge in [-0.15, -0.1) is 0 Å². The van der Waals surface area contributed by atoms with Crippen LogP contribution in [0.3, 0.4) is 0 Å². The molecule has 0 radical (unpaired) electrons. The minimum atomic E-state index is -0.291. The van der Waals surface area contributed by atoms with Crippen LogP contribution in [0.4, 0.5) is 5.82 Å².